The number of hydrogen-bond acceptors (Lipinski definition) is 9. The Morgan fingerprint density at radius 3 is 1.37 bits per heavy atom. The zero-order valence-corrected chi connectivity index (χ0v) is 53.7. The van der Waals surface area contributed by atoms with Gasteiger partial charge in [-0.1, -0.05) is 118 Å². The van der Waals surface area contributed by atoms with Crippen LogP contribution in [-0.4, -0.2) is 57.9 Å². The summed E-state index contributed by atoms with van der Waals surface area (Å²) < 4.78 is 5.62. The van der Waals surface area contributed by atoms with Crippen molar-refractivity contribution in [2.45, 2.75) is 250 Å². The fourth-order valence-electron chi connectivity index (χ4n) is 9.01. The number of allylic oxidation sites excluding steroid dienone is 13. The van der Waals surface area contributed by atoms with Gasteiger partial charge in [0, 0.05) is 12.8 Å². The molecule has 10 heteroatoms. The molecule has 0 radical (unpaired) electrons. The van der Waals surface area contributed by atoms with Crippen LogP contribution in [0.1, 0.15) is 227 Å². The number of rotatable bonds is 23. The van der Waals surface area contributed by atoms with E-state index in [1.165, 1.54) is 60.8 Å². The molecule has 1 aliphatic heterocycles. The van der Waals surface area contributed by atoms with Crippen molar-refractivity contribution in [3.8, 4) is 0 Å². The smallest absolute Gasteiger partial charge is 0.662 e. The maximum absolute atomic E-state index is 11.0. The van der Waals surface area contributed by atoms with Crippen LogP contribution in [0.3, 0.4) is 0 Å². The van der Waals surface area contributed by atoms with Crippen molar-refractivity contribution in [3.63, 3.8) is 0 Å². The number of carbonyl (C=O) groups excluding carboxylic acids is 4. The van der Waals surface area contributed by atoms with Gasteiger partial charge in [-0.05, 0) is 238 Å². The molecule has 76 heavy (non-hydrogen) atoms. The van der Waals surface area contributed by atoms with Crippen LogP contribution >= 0.6 is 0 Å². The van der Waals surface area contributed by atoms with E-state index in [1.807, 2.05) is 32.9 Å². The van der Waals surface area contributed by atoms with Crippen LogP contribution in [0, 0.1) is 47.3 Å². The summed E-state index contributed by atoms with van der Waals surface area (Å²) in [5.74, 6) is 5.19. The van der Waals surface area contributed by atoms with Crippen molar-refractivity contribution < 1.29 is 73.8 Å². The molecule has 1 fully saturated rings. The van der Waals surface area contributed by atoms with E-state index in [4.69, 9.17) is 14.8 Å². The van der Waals surface area contributed by atoms with E-state index in [2.05, 4.69) is 151 Å². The number of ketones is 1. The van der Waals surface area contributed by atoms with E-state index in [0.717, 1.165) is 82.7 Å². The first-order valence-corrected chi connectivity index (χ1v) is 28.5. The molecule has 1 heterocycles. The molecule has 0 spiro atoms. The second-order valence-electron chi connectivity index (χ2n) is 24.3. The Labute approximate surface area is 488 Å². The van der Waals surface area contributed by atoms with Gasteiger partial charge in [0.2, 0.25) is 0 Å². The maximum Gasteiger partial charge on any atom is 1.00 e. The molecule has 3 aliphatic carbocycles. The van der Waals surface area contributed by atoms with Gasteiger partial charge in [0.25, 0.3) is 6.47 Å². The number of aliphatic hydroxyl groups is 2. The van der Waals surface area contributed by atoms with Gasteiger partial charge >= 0.3 is 29.6 Å². The summed E-state index contributed by atoms with van der Waals surface area (Å²) in [5, 5.41) is 28.1. The quantitative estimate of drug-likeness (QED) is 0.0194. The predicted octanol–water partition coefficient (Wildman–Crippen LogP) is 12.8. The van der Waals surface area contributed by atoms with Gasteiger partial charge in [-0.2, -0.15) is 0 Å². The molecule has 4 rings (SSSR count). The molecule has 4 aliphatic rings. The van der Waals surface area contributed by atoms with Crippen LogP contribution in [0.5, 0.6) is 0 Å². The summed E-state index contributed by atoms with van der Waals surface area (Å²) >= 11 is 0. The molecule has 9 nitrogen and oxygen atoms in total. The first-order valence-electron chi connectivity index (χ1n) is 28.5. The van der Waals surface area contributed by atoms with Gasteiger partial charge in [0.15, 0.2) is 5.78 Å². The van der Waals surface area contributed by atoms with E-state index in [-0.39, 0.29) is 41.6 Å². The minimum absolute atomic E-state index is 0. The molecule has 1 saturated heterocycles. The van der Waals surface area contributed by atoms with Crippen molar-refractivity contribution in [1.29, 1.82) is 0 Å². The van der Waals surface area contributed by atoms with Gasteiger partial charge in [0.05, 0.1) is 22.9 Å². The van der Waals surface area contributed by atoms with Crippen LogP contribution in [0.2, 0.25) is 0 Å². The van der Waals surface area contributed by atoms with Gasteiger partial charge in [-0.25, -0.2) is 0 Å². The van der Waals surface area contributed by atoms with Crippen LogP contribution in [-0.2, 0) is 28.8 Å². The summed E-state index contributed by atoms with van der Waals surface area (Å²) in [6.45, 7) is 39.7. The number of carbonyl (C=O) groups is 4. The van der Waals surface area contributed by atoms with Crippen molar-refractivity contribution in [2.24, 2.45) is 47.3 Å². The molecular weight excluding hydrogens is 960 g/mol. The Morgan fingerprint density at radius 1 is 0.671 bits per heavy atom. The first kappa shape index (κ1) is 77.5. The van der Waals surface area contributed by atoms with E-state index in [0.29, 0.717) is 65.3 Å². The van der Waals surface area contributed by atoms with Crippen molar-refractivity contribution >= 4 is 24.8 Å². The van der Waals surface area contributed by atoms with Crippen molar-refractivity contribution in [2.75, 3.05) is 0 Å². The van der Waals surface area contributed by atoms with E-state index >= 15 is 0 Å². The number of aldehydes is 2. The number of hydrogen-bond donors (Lipinski definition) is 2. The Bertz CT molecular complexity index is 1830. The number of epoxide rings is 1. The molecule has 0 bridgehead atoms. The van der Waals surface area contributed by atoms with Gasteiger partial charge in [0.1, 0.15) is 12.6 Å². The summed E-state index contributed by atoms with van der Waals surface area (Å²) in [5.41, 5.74) is 5.21. The second kappa shape index (κ2) is 43.1. The Kier molecular flexibility index (Phi) is 43.9. The Balaban J connectivity index is -0.000000865. The molecule has 11 unspecified atom stereocenters. The minimum Gasteiger partial charge on any atom is -0.662 e. The fourth-order valence-corrected chi connectivity index (χ4v) is 9.01. The molecule has 2 N–H and O–H groups in total. The molecule has 0 aromatic rings. The van der Waals surface area contributed by atoms with E-state index in [9.17, 15) is 24.6 Å². The molecule has 0 aromatic heterocycles. The van der Waals surface area contributed by atoms with Gasteiger partial charge in [-0.3, -0.25) is 14.4 Å². The molecular formula is C66H111NaO9. The third-order valence-corrected chi connectivity index (χ3v) is 14.9. The molecule has 0 amide bonds. The normalized spacial score (nSPS) is 24.2. The van der Waals surface area contributed by atoms with Crippen LogP contribution < -0.4 is 34.8 Å². The summed E-state index contributed by atoms with van der Waals surface area (Å²) in [6, 6.07) is 0. The van der Waals surface area contributed by atoms with Crippen molar-refractivity contribution in [1.82, 2.24) is 0 Å². The summed E-state index contributed by atoms with van der Waals surface area (Å²) in [6.07, 6.45) is 41.7. The SMILES string of the molecule is C=C(C=O)C(C)CCC=C(C)C.CC(C)=CCCC(C)C1C=CC(=O)CC1.CC(C)=CCCC(C)C1C=CC(C)(O)CC1.CC(C)=CCCC(C)CC=O.CC(CCC1OC1(C)C)C1C=CC(C)(O)CC1.O=CO[O-].[Na+]. The number of ether oxygens (including phenoxy) is 1. The third-order valence-electron chi connectivity index (χ3n) is 14.9. The average Bonchev–Trinajstić information content (AvgIpc) is 3.96. The van der Waals surface area contributed by atoms with E-state index in [1.54, 1.807) is 6.08 Å². The first-order chi connectivity index (χ1) is 35.0. The summed E-state index contributed by atoms with van der Waals surface area (Å²) in [7, 11) is 0. The molecule has 430 valence electrons. The maximum atomic E-state index is 11.0. The summed E-state index contributed by atoms with van der Waals surface area (Å²) in [4.78, 5) is 42.7. The van der Waals surface area contributed by atoms with Crippen LogP contribution in [0.4, 0.5) is 0 Å². The standard InChI is InChI=1S/C15H26O2.C15H26O.C14H22O.C11H18O.C10H18O.CH2O3.Na/c1-11(5-6-13-14(2,3)17-13)12-7-9-15(4,16)10-8-12;1-12(2)6-5-7-13(3)14-8-10-15(4,16)11-9-14;1-11(2)5-4-6-12(3)13-7-9-14(15)10-8-13;1-9(2)6-5-7-10(3)11(4)8-12;1-9(2)5-4-6-10(3)7-8-11;2-1-4-3;/h7,9,11-13,16H,5-6,8,10H2,1-4H3;6,8,10,13-14,16H,5,7,9,11H2,1-4H3;5,7,9,12-13H,4,6,8,10H2,1-3H3;6,8,10H,4-5,7H2,1-3H3;5,8,10H,4,6-7H2,1-3H3;1,3H;/q;;;;;;+1/p-1. The topological polar surface area (TPSA) is 154 Å². The zero-order valence-electron chi connectivity index (χ0n) is 51.7. The minimum atomic E-state index is -0.572. The molecule has 0 saturated carbocycles. The molecule has 0 aromatic carbocycles. The second-order valence-corrected chi connectivity index (χ2v) is 24.3. The van der Waals surface area contributed by atoms with Gasteiger partial charge < -0.3 is 29.9 Å². The van der Waals surface area contributed by atoms with E-state index < -0.39 is 11.2 Å². The van der Waals surface area contributed by atoms with Crippen LogP contribution in [0.15, 0.2) is 95.2 Å². The average molecular weight is 1070 g/mol. The van der Waals surface area contributed by atoms with Crippen LogP contribution in [0.25, 0.3) is 0 Å². The van der Waals surface area contributed by atoms with Crippen molar-refractivity contribution in [3.05, 3.63) is 95.2 Å². The third kappa shape index (κ3) is 42.2. The monoisotopic (exact) mass is 1070 g/mol. The largest absolute Gasteiger partial charge is 1.00 e. The predicted molar refractivity (Wildman–Crippen MR) is 314 cm³/mol. The Hall–Kier alpha value is -2.76. The Morgan fingerprint density at radius 2 is 1.05 bits per heavy atom. The zero-order chi connectivity index (χ0) is 57.8. The fraction of sp³-hybridized carbons (Fsp3) is 0.697. The molecule has 11 atom stereocenters. The van der Waals surface area contributed by atoms with Gasteiger partial charge in [-0.15, -0.1) is 0 Å².